The molecule has 5 heteroatoms. The minimum atomic E-state index is -0.308. The van der Waals surface area contributed by atoms with E-state index in [1.54, 1.807) is 22.9 Å². The van der Waals surface area contributed by atoms with Crippen molar-refractivity contribution < 1.29 is 9.53 Å². The van der Waals surface area contributed by atoms with Crippen LogP contribution in [0.4, 0.5) is 0 Å². The Morgan fingerprint density at radius 3 is 2.89 bits per heavy atom. The van der Waals surface area contributed by atoms with Crippen LogP contribution in [0.5, 0.6) is 0 Å². The molecular formula is C14H16N2O3. The van der Waals surface area contributed by atoms with Crippen LogP contribution in [0.15, 0.2) is 35.7 Å². The summed E-state index contributed by atoms with van der Waals surface area (Å²) in [6.07, 6.45) is 7.59. The molecule has 1 aromatic rings. The third kappa shape index (κ3) is 2.24. The highest BCUT2D eigenvalue weighted by Gasteiger charge is 2.23. The Morgan fingerprint density at radius 2 is 2.26 bits per heavy atom. The van der Waals surface area contributed by atoms with Gasteiger partial charge in [0.15, 0.2) is 6.29 Å². The van der Waals surface area contributed by atoms with Gasteiger partial charge in [-0.15, -0.1) is 0 Å². The van der Waals surface area contributed by atoms with E-state index in [9.17, 15) is 9.59 Å². The number of carbonyl (C=O) groups is 1. The van der Waals surface area contributed by atoms with E-state index in [1.807, 2.05) is 13.0 Å². The lowest BCUT2D eigenvalue weighted by Crippen LogP contribution is -2.26. The number of carbonyl (C=O) groups excluding carboxylic acids is 1. The zero-order valence-electron chi connectivity index (χ0n) is 10.8. The first kappa shape index (κ1) is 13.3. The van der Waals surface area contributed by atoms with Crippen molar-refractivity contribution in [2.24, 2.45) is 0 Å². The summed E-state index contributed by atoms with van der Waals surface area (Å²) in [6.45, 7) is 6.82. The predicted molar refractivity (Wildman–Crippen MR) is 73.0 cm³/mol. The average molecular weight is 260 g/mol. The van der Waals surface area contributed by atoms with Crippen LogP contribution in [0.1, 0.15) is 23.0 Å². The first-order valence-electron chi connectivity index (χ1n) is 6.08. The van der Waals surface area contributed by atoms with Crippen LogP contribution >= 0.6 is 0 Å². The summed E-state index contributed by atoms with van der Waals surface area (Å²) in [6, 6.07) is 0. The van der Waals surface area contributed by atoms with Gasteiger partial charge in [0.05, 0.1) is 31.1 Å². The van der Waals surface area contributed by atoms with E-state index in [-0.39, 0.29) is 11.1 Å². The molecule has 0 bridgehead atoms. The Balaban J connectivity index is 2.66. The quantitative estimate of drug-likeness (QED) is 0.610. The smallest absolute Gasteiger partial charge is 0.282 e. The molecule has 0 atom stereocenters. The molecule has 0 spiro atoms. The molecule has 0 amide bonds. The van der Waals surface area contributed by atoms with Crippen LogP contribution in [-0.2, 0) is 17.9 Å². The Hall–Kier alpha value is -2.14. The van der Waals surface area contributed by atoms with Crippen molar-refractivity contribution in [2.75, 3.05) is 6.61 Å². The van der Waals surface area contributed by atoms with Gasteiger partial charge in [-0.2, -0.15) is 0 Å². The molecule has 0 saturated carbocycles. The highest BCUT2D eigenvalue weighted by Crippen LogP contribution is 2.15. The Labute approximate surface area is 111 Å². The van der Waals surface area contributed by atoms with E-state index in [0.717, 1.165) is 0 Å². The van der Waals surface area contributed by atoms with Gasteiger partial charge in [0.2, 0.25) is 0 Å². The number of aldehydes is 1. The summed E-state index contributed by atoms with van der Waals surface area (Å²) >= 11 is 0. The molecule has 0 saturated heterocycles. The summed E-state index contributed by atoms with van der Waals surface area (Å²) in [5.41, 5.74) is 1.21. The van der Waals surface area contributed by atoms with Crippen molar-refractivity contribution in [3.8, 4) is 0 Å². The van der Waals surface area contributed by atoms with Crippen molar-refractivity contribution in [3.63, 3.8) is 0 Å². The van der Waals surface area contributed by atoms with Gasteiger partial charge in [-0.25, -0.2) is 4.68 Å². The number of allylic oxidation sites excluding steroid dienone is 5. The topological polar surface area (TPSA) is 53.2 Å². The number of fused-ring (bicyclic) bond motifs is 1. The summed E-state index contributed by atoms with van der Waals surface area (Å²) in [5, 5.41) is 0. The van der Waals surface area contributed by atoms with Crippen LogP contribution in [-0.4, -0.2) is 22.3 Å². The largest absolute Gasteiger partial charge is 0.373 e. The summed E-state index contributed by atoms with van der Waals surface area (Å²) < 4.78 is 8.64. The molecule has 100 valence electrons. The monoisotopic (exact) mass is 260 g/mol. The molecule has 0 aromatic carbocycles. The lowest BCUT2D eigenvalue weighted by atomic mass is 10.2. The molecule has 2 rings (SSSR count). The first-order chi connectivity index (χ1) is 9.24. The fourth-order valence-corrected chi connectivity index (χ4v) is 2.14. The maximum absolute atomic E-state index is 12.3. The normalized spacial score (nSPS) is 15.5. The standard InChI is InChI=1S/C14H16N2O3/c1-3-5-6-11(4-2)16-14(18)12(9-17)13-10-19-8-7-15(13)16/h3-6,9H,1,7-8,10H2,2H3/b6-5-,11-4+. The van der Waals surface area contributed by atoms with Gasteiger partial charge in [0.25, 0.3) is 5.56 Å². The zero-order chi connectivity index (χ0) is 13.8. The van der Waals surface area contributed by atoms with Gasteiger partial charge in [-0.1, -0.05) is 24.8 Å². The number of rotatable bonds is 4. The van der Waals surface area contributed by atoms with E-state index in [2.05, 4.69) is 6.58 Å². The summed E-state index contributed by atoms with van der Waals surface area (Å²) in [7, 11) is 0. The van der Waals surface area contributed by atoms with Gasteiger partial charge in [-0.05, 0) is 13.0 Å². The first-order valence-corrected chi connectivity index (χ1v) is 6.08. The highest BCUT2D eigenvalue weighted by atomic mass is 16.5. The molecule has 0 radical (unpaired) electrons. The van der Waals surface area contributed by atoms with E-state index < -0.39 is 0 Å². The van der Waals surface area contributed by atoms with Gasteiger partial charge < -0.3 is 4.74 Å². The van der Waals surface area contributed by atoms with E-state index in [4.69, 9.17) is 4.74 Å². The number of aromatic nitrogens is 2. The molecule has 1 aromatic heterocycles. The van der Waals surface area contributed by atoms with Gasteiger partial charge >= 0.3 is 0 Å². The number of nitrogens with zero attached hydrogens (tertiary/aromatic N) is 2. The minimum Gasteiger partial charge on any atom is -0.373 e. The second kappa shape index (κ2) is 5.67. The highest BCUT2D eigenvalue weighted by molar-refractivity contribution is 5.77. The lowest BCUT2D eigenvalue weighted by Gasteiger charge is -2.19. The second-order valence-corrected chi connectivity index (χ2v) is 4.08. The molecule has 0 aliphatic carbocycles. The molecule has 19 heavy (non-hydrogen) atoms. The Morgan fingerprint density at radius 1 is 1.47 bits per heavy atom. The van der Waals surface area contributed by atoms with Crippen LogP contribution in [0.3, 0.4) is 0 Å². The Kier molecular flexibility index (Phi) is 3.97. The van der Waals surface area contributed by atoms with Gasteiger partial charge in [0, 0.05) is 0 Å². The minimum absolute atomic E-state index is 0.172. The van der Waals surface area contributed by atoms with Crippen molar-refractivity contribution in [1.29, 1.82) is 0 Å². The zero-order valence-corrected chi connectivity index (χ0v) is 10.8. The van der Waals surface area contributed by atoms with Crippen molar-refractivity contribution in [1.82, 2.24) is 9.36 Å². The average Bonchev–Trinajstić information content (AvgIpc) is 2.72. The maximum Gasteiger partial charge on any atom is 0.282 e. The molecule has 1 aliphatic heterocycles. The van der Waals surface area contributed by atoms with Gasteiger partial charge in [0.1, 0.15) is 5.56 Å². The van der Waals surface area contributed by atoms with Crippen LogP contribution in [0, 0.1) is 0 Å². The summed E-state index contributed by atoms with van der Waals surface area (Å²) in [4.78, 5) is 23.4. The maximum atomic E-state index is 12.3. The SMILES string of the molecule is C=C/C=C\C(=C/C)n1c(=O)c(C=O)c2n1CCOC2. The number of hydrogen-bond acceptors (Lipinski definition) is 3. The Bertz CT molecular complexity index is 617. The fraction of sp³-hybridized carbons (Fsp3) is 0.286. The molecule has 0 unspecified atom stereocenters. The molecule has 0 N–H and O–H groups in total. The second-order valence-electron chi connectivity index (χ2n) is 4.08. The molecular weight excluding hydrogens is 244 g/mol. The molecule has 0 fully saturated rings. The van der Waals surface area contributed by atoms with Crippen molar-refractivity contribution in [2.45, 2.75) is 20.1 Å². The van der Waals surface area contributed by atoms with Crippen LogP contribution in [0.2, 0.25) is 0 Å². The van der Waals surface area contributed by atoms with Crippen LogP contribution in [0.25, 0.3) is 5.70 Å². The molecule has 5 nitrogen and oxygen atoms in total. The summed E-state index contributed by atoms with van der Waals surface area (Å²) in [5.74, 6) is 0. The lowest BCUT2D eigenvalue weighted by molar-refractivity contribution is 0.0765. The number of ether oxygens (including phenoxy) is 1. The fourth-order valence-electron chi connectivity index (χ4n) is 2.14. The van der Waals surface area contributed by atoms with E-state index in [1.165, 1.54) is 4.68 Å². The van der Waals surface area contributed by atoms with E-state index in [0.29, 0.717) is 37.4 Å². The van der Waals surface area contributed by atoms with E-state index >= 15 is 0 Å². The molecule has 2 heterocycles. The van der Waals surface area contributed by atoms with Crippen molar-refractivity contribution >= 4 is 12.0 Å². The molecule has 1 aliphatic rings. The predicted octanol–water partition coefficient (Wildman–Crippen LogP) is 1.60. The van der Waals surface area contributed by atoms with Crippen molar-refractivity contribution in [3.05, 3.63) is 52.5 Å². The number of hydrogen-bond donors (Lipinski definition) is 0. The third-order valence-electron chi connectivity index (χ3n) is 3.03. The third-order valence-corrected chi connectivity index (χ3v) is 3.03. The van der Waals surface area contributed by atoms with Gasteiger partial charge in [-0.3, -0.25) is 14.3 Å². The van der Waals surface area contributed by atoms with Crippen LogP contribution < -0.4 is 5.56 Å².